The minimum Gasteiger partial charge on any atom is -0.491 e. The van der Waals surface area contributed by atoms with Crippen LogP contribution in [0, 0.1) is 0 Å². The van der Waals surface area contributed by atoms with E-state index in [0.717, 1.165) is 28.4 Å². The fourth-order valence-electron chi connectivity index (χ4n) is 4.98. The first kappa shape index (κ1) is 27.5. The van der Waals surface area contributed by atoms with Gasteiger partial charge in [0, 0.05) is 43.5 Å². The molecule has 3 N–H and O–H groups in total. The molecule has 0 radical (unpaired) electrons. The molecule has 0 aromatic heterocycles. The van der Waals surface area contributed by atoms with Crippen LogP contribution < -0.4 is 15.4 Å². The van der Waals surface area contributed by atoms with Crippen molar-refractivity contribution in [3.63, 3.8) is 0 Å². The van der Waals surface area contributed by atoms with Crippen LogP contribution in [0.2, 0.25) is 0 Å². The van der Waals surface area contributed by atoms with Crippen LogP contribution in [-0.4, -0.2) is 54.8 Å². The fourth-order valence-corrected chi connectivity index (χ4v) is 4.98. The van der Waals surface area contributed by atoms with Crippen molar-refractivity contribution >= 4 is 11.6 Å². The van der Waals surface area contributed by atoms with E-state index in [9.17, 15) is 18.0 Å². The van der Waals surface area contributed by atoms with E-state index in [1.54, 1.807) is 0 Å². The van der Waals surface area contributed by atoms with Gasteiger partial charge in [-0.3, -0.25) is 4.79 Å². The Morgan fingerprint density at radius 1 is 1.08 bits per heavy atom. The number of alkyl halides is 3. The van der Waals surface area contributed by atoms with E-state index < -0.39 is 17.6 Å². The maximum absolute atomic E-state index is 13.5. The number of nitrogens with two attached hydrogens (primary N) is 1. The lowest BCUT2D eigenvalue weighted by Crippen LogP contribution is -2.55. The number of carbonyl (C=O) groups is 1. The Balaban J connectivity index is 1.58. The number of halogens is 3. The third kappa shape index (κ3) is 5.79. The summed E-state index contributed by atoms with van der Waals surface area (Å²) < 4.78 is 46.2. The van der Waals surface area contributed by atoms with Crippen molar-refractivity contribution in [1.29, 1.82) is 0 Å². The van der Waals surface area contributed by atoms with E-state index in [-0.39, 0.29) is 31.4 Å². The largest absolute Gasteiger partial charge is 0.491 e. The highest BCUT2D eigenvalue weighted by molar-refractivity contribution is 5.96. The van der Waals surface area contributed by atoms with Crippen LogP contribution in [0.5, 0.6) is 5.75 Å². The SMILES string of the molecule is CC[C@@H]1CN(C(=O)c2ccccc2C(F)(F)F)CCN1c1ccc(-c2ccccc2OCCO)cc1CN. The number of hydrogen-bond acceptors (Lipinski definition) is 5. The highest BCUT2D eigenvalue weighted by Gasteiger charge is 2.37. The third-order valence-corrected chi connectivity index (χ3v) is 6.86. The zero-order valence-electron chi connectivity index (χ0n) is 21.2. The number of aliphatic hydroxyl groups is 1. The topological polar surface area (TPSA) is 79.0 Å². The summed E-state index contributed by atoms with van der Waals surface area (Å²) in [5.41, 5.74) is 8.59. The molecule has 0 aliphatic carbocycles. The van der Waals surface area contributed by atoms with Crippen LogP contribution >= 0.6 is 0 Å². The Morgan fingerprint density at radius 3 is 2.53 bits per heavy atom. The van der Waals surface area contributed by atoms with Crippen molar-refractivity contribution in [3.8, 4) is 16.9 Å². The van der Waals surface area contributed by atoms with E-state index in [2.05, 4.69) is 4.90 Å². The summed E-state index contributed by atoms with van der Waals surface area (Å²) in [4.78, 5) is 16.9. The molecule has 0 bridgehead atoms. The summed E-state index contributed by atoms with van der Waals surface area (Å²) in [5, 5.41) is 9.15. The molecule has 9 heteroatoms. The van der Waals surface area contributed by atoms with Crippen LogP contribution in [0.3, 0.4) is 0 Å². The summed E-state index contributed by atoms with van der Waals surface area (Å²) >= 11 is 0. The van der Waals surface area contributed by atoms with Gasteiger partial charge < -0.3 is 25.4 Å². The number of nitrogens with zero attached hydrogens (tertiary/aromatic N) is 2. The maximum atomic E-state index is 13.5. The lowest BCUT2D eigenvalue weighted by atomic mass is 9.98. The predicted molar refractivity (Wildman–Crippen MR) is 141 cm³/mol. The van der Waals surface area contributed by atoms with Crippen molar-refractivity contribution < 1.29 is 27.8 Å². The summed E-state index contributed by atoms with van der Waals surface area (Å²) in [6.07, 6.45) is -3.90. The average Bonchev–Trinajstić information content (AvgIpc) is 2.94. The van der Waals surface area contributed by atoms with Gasteiger partial charge in [-0.1, -0.05) is 43.3 Å². The van der Waals surface area contributed by atoms with E-state index in [0.29, 0.717) is 31.8 Å². The molecule has 1 aliphatic rings. The van der Waals surface area contributed by atoms with Gasteiger partial charge in [0.1, 0.15) is 12.4 Å². The molecule has 0 spiro atoms. The molecule has 1 saturated heterocycles. The molecule has 202 valence electrons. The zero-order valence-corrected chi connectivity index (χ0v) is 21.2. The summed E-state index contributed by atoms with van der Waals surface area (Å²) in [6, 6.07) is 18.4. The van der Waals surface area contributed by atoms with E-state index >= 15 is 0 Å². The lowest BCUT2D eigenvalue weighted by Gasteiger charge is -2.43. The van der Waals surface area contributed by atoms with Crippen molar-refractivity contribution in [1.82, 2.24) is 4.90 Å². The number of para-hydroxylation sites is 1. The molecule has 1 atom stereocenters. The third-order valence-electron chi connectivity index (χ3n) is 6.86. The number of rotatable bonds is 8. The van der Waals surface area contributed by atoms with Crippen molar-refractivity contribution in [2.45, 2.75) is 32.1 Å². The zero-order chi connectivity index (χ0) is 27.3. The van der Waals surface area contributed by atoms with Gasteiger partial charge in [0.15, 0.2) is 0 Å². The van der Waals surface area contributed by atoms with Crippen LogP contribution in [0.15, 0.2) is 66.7 Å². The number of aliphatic hydroxyl groups excluding tert-OH is 1. The summed E-state index contributed by atoms with van der Waals surface area (Å²) in [7, 11) is 0. The van der Waals surface area contributed by atoms with Crippen molar-refractivity contribution in [2.24, 2.45) is 5.73 Å². The first-order valence-electron chi connectivity index (χ1n) is 12.7. The van der Waals surface area contributed by atoms with E-state index in [1.807, 2.05) is 49.4 Å². The number of amides is 1. The number of carbonyl (C=O) groups excluding carboxylic acids is 1. The highest BCUT2D eigenvalue weighted by atomic mass is 19.4. The molecule has 6 nitrogen and oxygen atoms in total. The number of benzene rings is 3. The maximum Gasteiger partial charge on any atom is 0.417 e. The first-order valence-corrected chi connectivity index (χ1v) is 12.7. The molecular formula is C29H32F3N3O3. The van der Waals surface area contributed by atoms with Gasteiger partial charge in [-0.15, -0.1) is 0 Å². The van der Waals surface area contributed by atoms with Gasteiger partial charge in [-0.2, -0.15) is 13.2 Å². The number of anilines is 1. The molecule has 1 aliphatic heterocycles. The van der Waals surface area contributed by atoms with Crippen molar-refractivity contribution in [2.75, 3.05) is 37.7 Å². The first-order chi connectivity index (χ1) is 18.3. The number of ether oxygens (including phenoxy) is 1. The smallest absolute Gasteiger partial charge is 0.417 e. The van der Waals surface area contributed by atoms with Crippen LogP contribution in [-0.2, 0) is 12.7 Å². The van der Waals surface area contributed by atoms with Gasteiger partial charge in [0.25, 0.3) is 5.91 Å². The molecular weight excluding hydrogens is 495 g/mol. The Bertz CT molecular complexity index is 1270. The minimum atomic E-state index is -4.60. The second-order valence-corrected chi connectivity index (χ2v) is 9.17. The fraction of sp³-hybridized carbons (Fsp3) is 0.345. The molecule has 1 amide bonds. The minimum absolute atomic E-state index is 0.0814. The predicted octanol–water partition coefficient (Wildman–Crippen LogP) is 4.94. The molecule has 38 heavy (non-hydrogen) atoms. The average molecular weight is 528 g/mol. The normalized spacial score (nSPS) is 16.0. The quantitative estimate of drug-likeness (QED) is 0.434. The molecule has 1 fully saturated rings. The molecule has 3 aromatic rings. The standard InChI is InChI=1S/C29H32F3N3O3/c1-2-22-19-34(28(37)24-8-3-5-9-25(24)29(30,31)32)13-14-35(22)26-12-11-20(17-21(26)18-33)23-7-4-6-10-27(23)38-16-15-36/h3-12,17,22,36H,2,13-16,18-19,33H2,1H3/t22-/m1/s1. The van der Waals surface area contributed by atoms with Crippen LogP contribution in [0.1, 0.15) is 34.8 Å². The second kappa shape index (κ2) is 11.9. The summed E-state index contributed by atoms with van der Waals surface area (Å²) in [5.74, 6) is 0.0554. The molecule has 1 heterocycles. The molecule has 0 unspecified atom stereocenters. The van der Waals surface area contributed by atoms with Gasteiger partial charge in [0.2, 0.25) is 0 Å². The van der Waals surface area contributed by atoms with Crippen LogP contribution in [0.4, 0.5) is 18.9 Å². The Kier molecular flexibility index (Phi) is 8.58. The van der Waals surface area contributed by atoms with Crippen LogP contribution in [0.25, 0.3) is 11.1 Å². The Morgan fingerprint density at radius 2 is 1.82 bits per heavy atom. The van der Waals surface area contributed by atoms with Gasteiger partial charge in [0.05, 0.1) is 17.7 Å². The van der Waals surface area contributed by atoms with Gasteiger partial charge >= 0.3 is 6.18 Å². The highest BCUT2D eigenvalue weighted by Crippen LogP contribution is 2.36. The monoisotopic (exact) mass is 527 g/mol. The van der Waals surface area contributed by atoms with Gasteiger partial charge in [-0.25, -0.2) is 0 Å². The summed E-state index contributed by atoms with van der Waals surface area (Å²) in [6.45, 7) is 3.47. The van der Waals surface area contributed by atoms with E-state index in [4.69, 9.17) is 15.6 Å². The number of piperazine rings is 1. The molecule has 0 saturated carbocycles. The van der Waals surface area contributed by atoms with Gasteiger partial charge in [-0.05, 0) is 47.9 Å². The molecule has 3 aromatic carbocycles. The Hall–Kier alpha value is -3.56. The number of hydrogen-bond donors (Lipinski definition) is 2. The molecule has 4 rings (SSSR count). The Labute approximate surface area is 220 Å². The second-order valence-electron chi connectivity index (χ2n) is 9.17. The van der Waals surface area contributed by atoms with E-state index in [1.165, 1.54) is 23.1 Å². The lowest BCUT2D eigenvalue weighted by molar-refractivity contribution is -0.138. The van der Waals surface area contributed by atoms with Crippen molar-refractivity contribution in [3.05, 3.63) is 83.4 Å².